The third-order valence-corrected chi connectivity index (χ3v) is 6.49. The van der Waals surface area contributed by atoms with Crippen molar-refractivity contribution in [2.75, 3.05) is 13.2 Å². The molecule has 1 aromatic carbocycles. The highest BCUT2D eigenvalue weighted by molar-refractivity contribution is 9.10. The van der Waals surface area contributed by atoms with E-state index in [0.29, 0.717) is 17.7 Å². The van der Waals surface area contributed by atoms with E-state index in [0.717, 1.165) is 11.1 Å². The molecule has 0 heterocycles. The van der Waals surface area contributed by atoms with E-state index in [4.69, 9.17) is 9.84 Å². The summed E-state index contributed by atoms with van der Waals surface area (Å²) in [5.74, 6) is -0.179. The predicted molar refractivity (Wildman–Crippen MR) is 104 cm³/mol. The maximum atomic E-state index is 13.0. The minimum absolute atomic E-state index is 0.00809. The second-order valence-corrected chi connectivity index (χ2v) is 7.91. The lowest BCUT2D eigenvalue weighted by Gasteiger charge is -2.45. The first kappa shape index (κ1) is 18.8. The standard InChI is InChI=1S/C21H21BrO4/c1-3-14-6-9-17-20(25)13(2)12-18(24)21(17,22)19(14)15-4-7-16(8-5-15)26-11-10-23/h3-8,12,17,19,23H,1,9-11H2,2H3/t17-,19+,21+/m0/s1. The largest absolute Gasteiger partial charge is 0.491 e. The lowest BCUT2D eigenvalue weighted by atomic mass is 9.63. The van der Waals surface area contributed by atoms with E-state index in [1.807, 2.05) is 30.3 Å². The molecule has 1 aromatic rings. The molecule has 4 nitrogen and oxygen atoms in total. The number of benzene rings is 1. The van der Waals surface area contributed by atoms with Crippen molar-refractivity contribution in [2.45, 2.75) is 23.6 Å². The minimum atomic E-state index is -1.00. The third-order valence-electron chi connectivity index (χ3n) is 5.09. The van der Waals surface area contributed by atoms with Crippen molar-refractivity contribution in [1.82, 2.24) is 0 Å². The number of rotatable bonds is 5. The van der Waals surface area contributed by atoms with Crippen LogP contribution in [0.4, 0.5) is 0 Å². The van der Waals surface area contributed by atoms with E-state index in [-0.39, 0.29) is 30.7 Å². The lowest BCUT2D eigenvalue weighted by Crippen LogP contribution is -2.52. The summed E-state index contributed by atoms with van der Waals surface area (Å²) in [5.41, 5.74) is 2.34. The molecule has 0 aliphatic heterocycles. The molecule has 2 aliphatic rings. The number of ketones is 2. The number of aliphatic hydroxyl groups excluding tert-OH is 1. The molecule has 3 rings (SSSR count). The van der Waals surface area contributed by atoms with Crippen LogP contribution in [-0.2, 0) is 9.59 Å². The molecule has 0 saturated carbocycles. The van der Waals surface area contributed by atoms with Crippen LogP contribution in [0.3, 0.4) is 0 Å². The van der Waals surface area contributed by atoms with Gasteiger partial charge in [0.25, 0.3) is 0 Å². The highest BCUT2D eigenvalue weighted by Gasteiger charge is 2.56. The van der Waals surface area contributed by atoms with Gasteiger partial charge in [0, 0.05) is 11.8 Å². The van der Waals surface area contributed by atoms with Crippen molar-refractivity contribution in [3.05, 3.63) is 65.8 Å². The molecule has 3 atom stereocenters. The number of Topliss-reactive ketones (excluding diaryl/α,β-unsaturated/α-hetero) is 1. The second kappa shape index (κ2) is 7.33. The molecule has 2 aliphatic carbocycles. The minimum Gasteiger partial charge on any atom is -0.491 e. The van der Waals surface area contributed by atoms with Gasteiger partial charge in [-0.05, 0) is 48.3 Å². The van der Waals surface area contributed by atoms with Crippen molar-refractivity contribution < 1.29 is 19.4 Å². The smallest absolute Gasteiger partial charge is 0.174 e. The Balaban J connectivity index is 2.06. The average molecular weight is 417 g/mol. The van der Waals surface area contributed by atoms with Crippen LogP contribution in [0.15, 0.2) is 60.2 Å². The highest BCUT2D eigenvalue weighted by Crippen LogP contribution is 2.53. The monoisotopic (exact) mass is 416 g/mol. The molecule has 0 saturated heterocycles. The number of carbonyl (C=O) groups is 2. The van der Waals surface area contributed by atoms with Crippen molar-refractivity contribution in [3.63, 3.8) is 0 Å². The van der Waals surface area contributed by atoms with Crippen LogP contribution in [0, 0.1) is 5.92 Å². The van der Waals surface area contributed by atoms with Crippen LogP contribution in [0.25, 0.3) is 0 Å². The van der Waals surface area contributed by atoms with Gasteiger partial charge in [-0.2, -0.15) is 0 Å². The fraction of sp³-hybridized carbons (Fsp3) is 0.333. The van der Waals surface area contributed by atoms with Crippen molar-refractivity contribution >= 4 is 27.5 Å². The molecule has 0 bridgehead atoms. The van der Waals surface area contributed by atoms with Gasteiger partial charge in [0.05, 0.1) is 6.61 Å². The molecule has 0 unspecified atom stereocenters. The van der Waals surface area contributed by atoms with E-state index in [1.165, 1.54) is 6.08 Å². The van der Waals surface area contributed by atoms with Crippen LogP contribution in [0.1, 0.15) is 24.8 Å². The van der Waals surface area contributed by atoms with E-state index in [9.17, 15) is 9.59 Å². The van der Waals surface area contributed by atoms with Crippen LogP contribution in [0.2, 0.25) is 0 Å². The Bertz CT molecular complexity index is 806. The van der Waals surface area contributed by atoms with Gasteiger partial charge >= 0.3 is 0 Å². The normalized spacial score (nSPS) is 28.1. The van der Waals surface area contributed by atoms with E-state index >= 15 is 0 Å². The van der Waals surface area contributed by atoms with Crippen LogP contribution < -0.4 is 4.74 Å². The summed E-state index contributed by atoms with van der Waals surface area (Å²) < 4.78 is 4.40. The predicted octanol–water partition coefficient (Wildman–Crippen LogP) is 3.51. The maximum Gasteiger partial charge on any atom is 0.174 e. The molecular formula is C21H21BrO4. The Morgan fingerprint density at radius 2 is 2.04 bits per heavy atom. The van der Waals surface area contributed by atoms with E-state index in [2.05, 4.69) is 22.5 Å². The van der Waals surface area contributed by atoms with Crippen LogP contribution >= 0.6 is 15.9 Å². The van der Waals surface area contributed by atoms with Crippen molar-refractivity contribution in [1.29, 1.82) is 0 Å². The van der Waals surface area contributed by atoms with Crippen LogP contribution in [0.5, 0.6) is 5.75 Å². The number of aliphatic hydroxyl groups is 1. The number of allylic oxidation sites excluding steroid dienone is 5. The van der Waals surface area contributed by atoms with Gasteiger partial charge in [-0.1, -0.05) is 46.8 Å². The quantitative estimate of drug-likeness (QED) is 0.745. The summed E-state index contributed by atoms with van der Waals surface area (Å²) in [5, 5.41) is 8.87. The Hall–Kier alpha value is -1.98. The van der Waals surface area contributed by atoms with Gasteiger partial charge in [-0.15, -0.1) is 0 Å². The number of ether oxygens (including phenoxy) is 1. The molecule has 26 heavy (non-hydrogen) atoms. The second-order valence-electron chi connectivity index (χ2n) is 6.59. The first-order valence-electron chi connectivity index (χ1n) is 8.55. The number of hydrogen-bond acceptors (Lipinski definition) is 4. The lowest BCUT2D eigenvalue weighted by molar-refractivity contribution is -0.128. The number of alkyl halides is 1. The third kappa shape index (κ3) is 2.99. The van der Waals surface area contributed by atoms with Gasteiger partial charge in [-0.25, -0.2) is 0 Å². The molecular weight excluding hydrogens is 396 g/mol. The summed E-state index contributed by atoms with van der Waals surface area (Å²) in [6.07, 6.45) is 5.71. The van der Waals surface area contributed by atoms with Gasteiger partial charge in [0.15, 0.2) is 11.6 Å². The Morgan fingerprint density at radius 3 is 2.65 bits per heavy atom. The summed E-state index contributed by atoms with van der Waals surface area (Å²) in [6, 6.07) is 7.40. The Morgan fingerprint density at radius 1 is 1.35 bits per heavy atom. The van der Waals surface area contributed by atoms with Crippen LogP contribution in [-0.4, -0.2) is 34.2 Å². The van der Waals surface area contributed by atoms with Gasteiger partial charge in [0.2, 0.25) is 0 Å². The molecule has 0 aromatic heterocycles. The average Bonchev–Trinajstić information content (AvgIpc) is 2.64. The first-order chi connectivity index (χ1) is 12.4. The summed E-state index contributed by atoms with van der Waals surface area (Å²) >= 11 is 3.68. The van der Waals surface area contributed by atoms with Crippen molar-refractivity contribution in [3.8, 4) is 5.75 Å². The summed E-state index contributed by atoms with van der Waals surface area (Å²) in [4.78, 5) is 25.7. The Kier molecular flexibility index (Phi) is 5.30. The van der Waals surface area contributed by atoms with E-state index in [1.54, 1.807) is 13.0 Å². The zero-order valence-corrected chi connectivity index (χ0v) is 16.2. The number of halogens is 1. The topological polar surface area (TPSA) is 63.6 Å². The number of fused-ring (bicyclic) bond motifs is 1. The van der Waals surface area contributed by atoms with Gasteiger partial charge in [0.1, 0.15) is 16.7 Å². The number of carbonyl (C=O) groups excluding carboxylic acids is 2. The molecule has 136 valence electrons. The molecule has 0 radical (unpaired) electrons. The fourth-order valence-electron chi connectivity index (χ4n) is 3.81. The van der Waals surface area contributed by atoms with Gasteiger partial charge < -0.3 is 9.84 Å². The fourth-order valence-corrected chi connectivity index (χ4v) is 4.85. The maximum absolute atomic E-state index is 13.0. The molecule has 0 spiro atoms. The SMILES string of the molecule is C=CC1=CC[C@H]2C(=O)C(C)=CC(=O)[C@@]2(Br)[C@H]1c1ccc(OCCO)cc1. The van der Waals surface area contributed by atoms with Gasteiger partial charge in [-0.3, -0.25) is 9.59 Å². The highest BCUT2D eigenvalue weighted by atomic mass is 79.9. The first-order valence-corrected chi connectivity index (χ1v) is 9.34. The zero-order chi connectivity index (χ0) is 18.9. The van der Waals surface area contributed by atoms with E-state index < -0.39 is 10.2 Å². The number of hydrogen-bond donors (Lipinski definition) is 1. The molecule has 5 heteroatoms. The summed E-state index contributed by atoms with van der Waals surface area (Å²) in [6.45, 7) is 5.76. The zero-order valence-electron chi connectivity index (χ0n) is 14.6. The molecule has 0 fully saturated rings. The Labute approximate surface area is 161 Å². The van der Waals surface area contributed by atoms with Crippen molar-refractivity contribution in [2.24, 2.45) is 5.92 Å². The molecule has 1 N–H and O–H groups in total. The summed E-state index contributed by atoms with van der Waals surface area (Å²) in [7, 11) is 0. The molecule has 0 amide bonds.